The van der Waals surface area contributed by atoms with E-state index < -0.39 is 6.10 Å². The molecule has 3 heteroatoms. The van der Waals surface area contributed by atoms with Crippen LogP contribution >= 0.6 is 0 Å². The van der Waals surface area contributed by atoms with Gasteiger partial charge in [0.15, 0.2) is 0 Å². The lowest BCUT2D eigenvalue weighted by molar-refractivity contribution is 0.219. The number of halogens is 1. The second kappa shape index (κ2) is 7.34. The highest BCUT2D eigenvalue weighted by molar-refractivity contribution is 5.38. The number of nitrogens with two attached hydrogens (primary N) is 1. The molecule has 0 radical (unpaired) electrons. The number of benzene rings is 2. The highest BCUT2D eigenvalue weighted by atomic mass is 19.1. The van der Waals surface area contributed by atoms with E-state index in [0.29, 0.717) is 24.1 Å². The van der Waals surface area contributed by atoms with Gasteiger partial charge in [0, 0.05) is 0 Å². The SMILES string of the molecule is Cc1cc(CCCCN)c(F)cc1C(O)c1ccccc1. The van der Waals surface area contributed by atoms with Gasteiger partial charge in [0.05, 0.1) is 0 Å². The fraction of sp³-hybridized carbons (Fsp3) is 0.333. The first-order valence-corrected chi connectivity index (χ1v) is 7.35. The fourth-order valence-corrected chi connectivity index (χ4v) is 2.52. The summed E-state index contributed by atoms with van der Waals surface area (Å²) in [7, 11) is 0. The summed E-state index contributed by atoms with van der Waals surface area (Å²) in [6, 6.07) is 12.6. The Kier molecular flexibility index (Phi) is 5.48. The molecule has 0 heterocycles. The molecule has 0 amide bonds. The molecule has 0 spiro atoms. The lowest BCUT2D eigenvalue weighted by atomic mass is 9.94. The minimum Gasteiger partial charge on any atom is -0.384 e. The molecule has 0 saturated carbocycles. The van der Waals surface area contributed by atoms with E-state index in [4.69, 9.17) is 5.73 Å². The van der Waals surface area contributed by atoms with Crippen LogP contribution in [0.4, 0.5) is 4.39 Å². The van der Waals surface area contributed by atoms with E-state index in [-0.39, 0.29) is 5.82 Å². The van der Waals surface area contributed by atoms with Crippen molar-refractivity contribution in [1.29, 1.82) is 0 Å². The first kappa shape index (κ1) is 15.7. The minimum absolute atomic E-state index is 0.248. The van der Waals surface area contributed by atoms with Gasteiger partial charge in [-0.2, -0.15) is 0 Å². The third-order valence-electron chi connectivity index (χ3n) is 3.75. The minimum atomic E-state index is -0.793. The van der Waals surface area contributed by atoms with Crippen molar-refractivity contribution in [2.75, 3.05) is 6.54 Å². The number of hydrogen-bond donors (Lipinski definition) is 2. The highest BCUT2D eigenvalue weighted by Gasteiger charge is 2.15. The summed E-state index contributed by atoms with van der Waals surface area (Å²) in [5, 5.41) is 10.4. The molecule has 0 bridgehead atoms. The molecule has 2 rings (SSSR count). The maximum atomic E-state index is 14.2. The first-order chi connectivity index (χ1) is 10.1. The smallest absolute Gasteiger partial charge is 0.126 e. The molecule has 0 aliphatic heterocycles. The zero-order valence-electron chi connectivity index (χ0n) is 12.3. The van der Waals surface area contributed by atoms with Crippen LogP contribution in [0.3, 0.4) is 0 Å². The second-order valence-electron chi connectivity index (χ2n) is 5.36. The Morgan fingerprint density at radius 3 is 2.52 bits per heavy atom. The topological polar surface area (TPSA) is 46.2 Å². The van der Waals surface area contributed by atoms with Gasteiger partial charge < -0.3 is 10.8 Å². The summed E-state index contributed by atoms with van der Waals surface area (Å²) in [5.41, 5.74) is 8.47. The van der Waals surface area contributed by atoms with Gasteiger partial charge in [0.2, 0.25) is 0 Å². The van der Waals surface area contributed by atoms with Gasteiger partial charge in [0.1, 0.15) is 11.9 Å². The Labute approximate surface area is 125 Å². The predicted molar refractivity (Wildman–Crippen MR) is 83.6 cm³/mol. The molecule has 0 aliphatic carbocycles. The Morgan fingerprint density at radius 2 is 1.86 bits per heavy atom. The lowest BCUT2D eigenvalue weighted by Crippen LogP contribution is -2.05. The third kappa shape index (κ3) is 3.90. The maximum absolute atomic E-state index is 14.2. The number of hydrogen-bond acceptors (Lipinski definition) is 2. The molecule has 3 N–H and O–H groups in total. The van der Waals surface area contributed by atoms with E-state index >= 15 is 0 Å². The Morgan fingerprint density at radius 1 is 1.14 bits per heavy atom. The van der Waals surface area contributed by atoms with Crippen molar-refractivity contribution < 1.29 is 9.50 Å². The van der Waals surface area contributed by atoms with Gasteiger partial charge in [-0.1, -0.05) is 36.4 Å². The van der Waals surface area contributed by atoms with E-state index in [0.717, 1.165) is 24.0 Å². The maximum Gasteiger partial charge on any atom is 0.126 e. The molecular formula is C18H22FNO. The Hall–Kier alpha value is -1.71. The molecule has 1 unspecified atom stereocenters. The first-order valence-electron chi connectivity index (χ1n) is 7.35. The van der Waals surface area contributed by atoms with Crippen LogP contribution in [0.25, 0.3) is 0 Å². The van der Waals surface area contributed by atoms with E-state index in [1.165, 1.54) is 6.07 Å². The van der Waals surface area contributed by atoms with Crippen molar-refractivity contribution in [3.05, 3.63) is 70.5 Å². The summed E-state index contributed by atoms with van der Waals surface area (Å²) in [4.78, 5) is 0. The van der Waals surface area contributed by atoms with Crippen molar-refractivity contribution in [1.82, 2.24) is 0 Å². The van der Waals surface area contributed by atoms with Gasteiger partial charge in [0.25, 0.3) is 0 Å². The van der Waals surface area contributed by atoms with Crippen molar-refractivity contribution in [3.63, 3.8) is 0 Å². The van der Waals surface area contributed by atoms with E-state index in [1.54, 1.807) is 0 Å². The lowest BCUT2D eigenvalue weighted by Gasteiger charge is -2.16. The molecule has 112 valence electrons. The summed E-state index contributed by atoms with van der Waals surface area (Å²) < 4.78 is 14.2. The zero-order chi connectivity index (χ0) is 15.2. The standard InChI is InChI=1S/C18H22FNO/c1-13-11-15(9-5-6-10-20)17(19)12-16(13)18(21)14-7-3-2-4-8-14/h2-4,7-8,11-12,18,21H,5-6,9-10,20H2,1H3. The number of rotatable bonds is 6. The molecule has 0 aliphatic rings. The van der Waals surface area contributed by atoms with Crippen molar-refractivity contribution in [2.24, 2.45) is 5.73 Å². The monoisotopic (exact) mass is 287 g/mol. The summed E-state index contributed by atoms with van der Waals surface area (Å²) in [6.45, 7) is 2.54. The summed E-state index contributed by atoms with van der Waals surface area (Å²) in [6.07, 6.45) is 1.67. The van der Waals surface area contributed by atoms with Crippen LogP contribution in [-0.4, -0.2) is 11.7 Å². The molecule has 0 saturated heterocycles. The van der Waals surface area contributed by atoms with Gasteiger partial charge in [-0.3, -0.25) is 0 Å². The van der Waals surface area contributed by atoms with Crippen LogP contribution in [0.1, 0.15) is 41.2 Å². The van der Waals surface area contributed by atoms with Crippen LogP contribution in [0.2, 0.25) is 0 Å². The van der Waals surface area contributed by atoms with Gasteiger partial charge >= 0.3 is 0 Å². The van der Waals surface area contributed by atoms with Crippen molar-refractivity contribution in [2.45, 2.75) is 32.3 Å². The largest absolute Gasteiger partial charge is 0.384 e. The molecule has 0 aromatic heterocycles. The predicted octanol–water partition coefficient (Wildman–Crippen LogP) is 3.50. The quantitative estimate of drug-likeness (QED) is 0.799. The van der Waals surface area contributed by atoms with E-state index in [1.807, 2.05) is 43.3 Å². The van der Waals surface area contributed by atoms with Gasteiger partial charge in [-0.15, -0.1) is 0 Å². The van der Waals surface area contributed by atoms with Gasteiger partial charge in [-0.05, 0) is 61.1 Å². The number of aliphatic hydroxyl groups excluding tert-OH is 1. The fourth-order valence-electron chi connectivity index (χ4n) is 2.52. The Balaban J connectivity index is 2.23. The molecule has 2 aromatic rings. The van der Waals surface area contributed by atoms with Crippen LogP contribution in [0, 0.1) is 12.7 Å². The average molecular weight is 287 g/mol. The van der Waals surface area contributed by atoms with E-state index in [2.05, 4.69) is 0 Å². The molecule has 1 atom stereocenters. The average Bonchev–Trinajstić information content (AvgIpc) is 2.51. The van der Waals surface area contributed by atoms with Crippen molar-refractivity contribution in [3.8, 4) is 0 Å². The number of aliphatic hydroxyl groups is 1. The zero-order valence-corrected chi connectivity index (χ0v) is 12.3. The second-order valence-corrected chi connectivity index (χ2v) is 5.36. The number of aryl methyl sites for hydroxylation is 2. The van der Waals surface area contributed by atoms with Crippen LogP contribution in [0.15, 0.2) is 42.5 Å². The van der Waals surface area contributed by atoms with Gasteiger partial charge in [-0.25, -0.2) is 4.39 Å². The van der Waals surface area contributed by atoms with Crippen LogP contribution in [-0.2, 0) is 6.42 Å². The molecular weight excluding hydrogens is 265 g/mol. The number of unbranched alkanes of at least 4 members (excludes halogenated alkanes) is 1. The van der Waals surface area contributed by atoms with Crippen LogP contribution in [0.5, 0.6) is 0 Å². The molecule has 2 aromatic carbocycles. The van der Waals surface area contributed by atoms with E-state index in [9.17, 15) is 9.50 Å². The third-order valence-corrected chi connectivity index (χ3v) is 3.75. The van der Waals surface area contributed by atoms with Crippen molar-refractivity contribution >= 4 is 0 Å². The summed E-state index contributed by atoms with van der Waals surface area (Å²) >= 11 is 0. The molecule has 2 nitrogen and oxygen atoms in total. The normalized spacial score (nSPS) is 12.4. The molecule has 21 heavy (non-hydrogen) atoms. The molecule has 0 fully saturated rings. The summed E-state index contributed by atoms with van der Waals surface area (Å²) in [5.74, 6) is -0.248. The highest BCUT2D eigenvalue weighted by Crippen LogP contribution is 2.27. The van der Waals surface area contributed by atoms with Crippen LogP contribution < -0.4 is 5.73 Å². The Bertz CT molecular complexity index is 583.